The Kier molecular flexibility index (Phi) is 3.54. The fourth-order valence-corrected chi connectivity index (χ4v) is 1.54. The van der Waals surface area contributed by atoms with Crippen molar-refractivity contribution in [1.82, 2.24) is 4.90 Å². The molecule has 1 fully saturated rings. The van der Waals surface area contributed by atoms with Gasteiger partial charge < -0.3 is 10.0 Å². The molecule has 6 nitrogen and oxygen atoms in total. The lowest BCUT2D eigenvalue weighted by atomic mass is 10.2. The summed E-state index contributed by atoms with van der Waals surface area (Å²) in [5, 5.41) is 12.1. The molecule has 1 rings (SSSR count). The van der Waals surface area contributed by atoms with Crippen molar-refractivity contribution >= 4 is 5.91 Å². The van der Waals surface area contributed by atoms with E-state index in [1.807, 2.05) is 0 Å². The first-order valence-corrected chi connectivity index (χ1v) is 4.20. The highest BCUT2D eigenvalue weighted by Gasteiger charge is 2.26. The van der Waals surface area contributed by atoms with Crippen molar-refractivity contribution in [2.45, 2.75) is 18.9 Å². The molecule has 0 aromatic heterocycles. The predicted molar refractivity (Wildman–Crippen MR) is 45.8 cm³/mol. The van der Waals surface area contributed by atoms with E-state index in [1.54, 1.807) is 4.90 Å². The van der Waals surface area contributed by atoms with E-state index in [9.17, 15) is 4.79 Å². The molecular weight excluding hydrogens is 172 g/mol. The molecule has 6 heteroatoms. The van der Waals surface area contributed by atoms with E-state index in [-0.39, 0.29) is 25.1 Å². The summed E-state index contributed by atoms with van der Waals surface area (Å²) < 4.78 is 0. The molecule has 1 atom stereocenters. The van der Waals surface area contributed by atoms with Crippen LogP contribution in [0.2, 0.25) is 0 Å². The van der Waals surface area contributed by atoms with Gasteiger partial charge in [-0.25, -0.2) is 0 Å². The summed E-state index contributed by atoms with van der Waals surface area (Å²) in [6, 6.07) is -0.0820. The van der Waals surface area contributed by atoms with E-state index in [4.69, 9.17) is 10.6 Å². The largest absolute Gasteiger partial charge is 0.394 e. The van der Waals surface area contributed by atoms with Gasteiger partial charge in [0, 0.05) is 11.5 Å². The Morgan fingerprint density at radius 1 is 1.77 bits per heavy atom. The van der Waals surface area contributed by atoms with Gasteiger partial charge in [0.1, 0.15) is 6.54 Å². The van der Waals surface area contributed by atoms with Gasteiger partial charge >= 0.3 is 0 Å². The van der Waals surface area contributed by atoms with Gasteiger partial charge in [0.25, 0.3) is 0 Å². The summed E-state index contributed by atoms with van der Waals surface area (Å²) in [6.45, 7) is 0.500. The Morgan fingerprint density at radius 2 is 2.54 bits per heavy atom. The van der Waals surface area contributed by atoms with E-state index in [0.717, 1.165) is 12.8 Å². The van der Waals surface area contributed by atoms with Gasteiger partial charge in [-0.05, 0) is 18.4 Å². The molecule has 0 aromatic carbocycles. The van der Waals surface area contributed by atoms with Crippen LogP contribution in [0.15, 0.2) is 5.11 Å². The molecule has 72 valence electrons. The van der Waals surface area contributed by atoms with Crippen LogP contribution in [0.1, 0.15) is 12.8 Å². The molecule has 0 aliphatic carbocycles. The third-order valence-corrected chi connectivity index (χ3v) is 2.18. The number of nitrogens with zero attached hydrogens (tertiary/aromatic N) is 4. The number of hydrogen-bond donors (Lipinski definition) is 1. The first kappa shape index (κ1) is 9.83. The molecule has 0 bridgehead atoms. The number of amides is 1. The zero-order valence-electron chi connectivity index (χ0n) is 7.26. The fourth-order valence-electron chi connectivity index (χ4n) is 1.54. The topological polar surface area (TPSA) is 89.3 Å². The molecule has 0 saturated carbocycles. The number of aliphatic hydroxyl groups is 1. The molecule has 1 amide bonds. The third-order valence-electron chi connectivity index (χ3n) is 2.18. The number of hydrogen-bond acceptors (Lipinski definition) is 3. The Balaban J connectivity index is 2.49. The minimum Gasteiger partial charge on any atom is -0.394 e. The summed E-state index contributed by atoms with van der Waals surface area (Å²) in [5.41, 5.74) is 8.02. The summed E-state index contributed by atoms with van der Waals surface area (Å²) in [6.07, 6.45) is 1.74. The number of rotatable bonds is 3. The van der Waals surface area contributed by atoms with Crippen LogP contribution >= 0.6 is 0 Å². The van der Waals surface area contributed by atoms with E-state index >= 15 is 0 Å². The minimum absolute atomic E-state index is 0.0119. The van der Waals surface area contributed by atoms with Crippen LogP contribution in [-0.4, -0.2) is 41.7 Å². The maximum absolute atomic E-state index is 11.3. The molecule has 1 N–H and O–H groups in total. The first-order chi connectivity index (χ1) is 6.29. The molecule has 0 spiro atoms. The van der Waals surface area contributed by atoms with Crippen LogP contribution in [0.5, 0.6) is 0 Å². The second-order valence-electron chi connectivity index (χ2n) is 2.95. The Labute approximate surface area is 75.8 Å². The van der Waals surface area contributed by atoms with Crippen LogP contribution in [0, 0.1) is 0 Å². The summed E-state index contributed by atoms with van der Waals surface area (Å²) in [4.78, 5) is 15.4. The zero-order chi connectivity index (χ0) is 9.68. The molecular formula is C7H12N4O2. The van der Waals surface area contributed by atoms with Crippen LogP contribution in [-0.2, 0) is 4.79 Å². The van der Waals surface area contributed by atoms with Gasteiger partial charge in [-0.3, -0.25) is 4.79 Å². The molecule has 13 heavy (non-hydrogen) atoms. The normalized spacial score (nSPS) is 21.3. The van der Waals surface area contributed by atoms with Crippen LogP contribution < -0.4 is 0 Å². The van der Waals surface area contributed by atoms with E-state index < -0.39 is 0 Å². The predicted octanol–water partition coefficient (Wildman–Crippen LogP) is 0.280. The number of likely N-dealkylation sites (tertiary alicyclic amines) is 1. The Morgan fingerprint density at radius 3 is 3.15 bits per heavy atom. The van der Waals surface area contributed by atoms with Crippen molar-refractivity contribution < 1.29 is 9.90 Å². The average Bonchev–Trinajstić information content (AvgIpc) is 2.61. The van der Waals surface area contributed by atoms with Gasteiger partial charge in [-0.15, -0.1) is 0 Å². The minimum atomic E-state index is -0.200. The SMILES string of the molecule is [N-]=[N+]=NCC(=O)N1CCC[C@H]1CO. The van der Waals surface area contributed by atoms with E-state index in [2.05, 4.69) is 10.0 Å². The third kappa shape index (κ3) is 2.34. The number of carbonyl (C=O) groups excluding carboxylic acids is 1. The molecule has 0 unspecified atom stereocenters. The lowest BCUT2D eigenvalue weighted by molar-refractivity contribution is -0.131. The van der Waals surface area contributed by atoms with Gasteiger partial charge in [-0.1, -0.05) is 5.11 Å². The average molecular weight is 184 g/mol. The van der Waals surface area contributed by atoms with Crippen LogP contribution in [0.3, 0.4) is 0 Å². The molecule has 0 aromatic rings. The maximum Gasteiger partial charge on any atom is 0.228 e. The molecule has 1 aliphatic rings. The second-order valence-corrected chi connectivity index (χ2v) is 2.95. The first-order valence-electron chi connectivity index (χ1n) is 4.20. The van der Waals surface area contributed by atoms with Crippen LogP contribution in [0.4, 0.5) is 0 Å². The van der Waals surface area contributed by atoms with Gasteiger partial charge in [0.05, 0.1) is 12.6 Å². The molecule has 1 saturated heterocycles. The van der Waals surface area contributed by atoms with Gasteiger partial charge in [0.2, 0.25) is 5.91 Å². The number of azide groups is 1. The quantitative estimate of drug-likeness (QED) is 0.388. The van der Waals surface area contributed by atoms with Crippen molar-refractivity contribution in [1.29, 1.82) is 0 Å². The van der Waals surface area contributed by atoms with Crippen molar-refractivity contribution in [3.8, 4) is 0 Å². The van der Waals surface area contributed by atoms with E-state index in [1.165, 1.54) is 0 Å². The van der Waals surface area contributed by atoms with Gasteiger partial charge in [-0.2, -0.15) is 0 Å². The van der Waals surface area contributed by atoms with Crippen molar-refractivity contribution in [2.75, 3.05) is 19.7 Å². The van der Waals surface area contributed by atoms with Crippen molar-refractivity contribution in [3.63, 3.8) is 0 Å². The summed E-state index contributed by atoms with van der Waals surface area (Å²) in [7, 11) is 0. The lowest BCUT2D eigenvalue weighted by Gasteiger charge is -2.21. The summed E-state index contributed by atoms with van der Waals surface area (Å²) >= 11 is 0. The molecule has 1 aliphatic heterocycles. The Bertz CT molecular complexity index is 237. The van der Waals surface area contributed by atoms with Crippen molar-refractivity contribution in [2.24, 2.45) is 5.11 Å². The number of aliphatic hydroxyl groups excluding tert-OH is 1. The summed E-state index contributed by atoms with van der Waals surface area (Å²) in [5.74, 6) is -0.200. The fraction of sp³-hybridized carbons (Fsp3) is 0.857. The zero-order valence-corrected chi connectivity index (χ0v) is 7.26. The lowest BCUT2D eigenvalue weighted by Crippen LogP contribution is -2.38. The highest BCUT2D eigenvalue weighted by molar-refractivity contribution is 5.79. The van der Waals surface area contributed by atoms with Crippen LogP contribution in [0.25, 0.3) is 10.4 Å². The smallest absolute Gasteiger partial charge is 0.228 e. The monoisotopic (exact) mass is 184 g/mol. The highest BCUT2D eigenvalue weighted by atomic mass is 16.3. The van der Waals surface area contributed by atoms with E-state index in [0.29, 0.717) is 6.54 Å². The maximum atomic E-state index is 11.3. The highest BCUT2D eigenvalue weighted by Crippen LogP contribution is 2.16. The Hall–Kier alpha value is -1.26. The number of carbonyl (C=O) groups is 1. The molecule has 0 radical (unpaired) electrons. The van der Waals surface area contributed by atoms with Crippen molar-refractivity contribution in [3.05, 3.63) is 10.4 Å². The molecule has 1 heterocycles. The second kappa shape index (κ2) is 4.69. The van der Waals surface area contributed by atoms with Gasteiger partial charge in [0.15, 0.2) is 0 Å². The standard InChI is InChI=1S/C7H12N4O2/c8-10-9-4-7(13)11-3-1-2-6(11)5-12/h6,12H,1-5H2/t6-/m0/s1.